The van der Waals surface area contributed by atoms with Crippen LogP contribution in [0.3, 0.4) is 0 Å². The molecule has 114 valence electrons. The van der Waals surface area contributed by atoms with E-state index in [0.717, 1.165) is 23.6 Å². The van der Waals surface area contributed by atoms with Crippen LogP contribution in [0.1, 0.15) is 30.2 Å². The zero-order valence-electron chi connectivity index (χ0n) is 13.0. The molecule has 1 aliphatic heterocycles. The Labute approximate surface area is 130 Å². The van der Waals surface area contributed by atoms with E-state index < -0.39 is 11.7 Å². The molecule has 1 aliphatic rings. The molecule has 0 aliphatic carbocycles. The van der Waals surface area contributed by atoms with Crippen LogP contribution in [-0.2, 0) is 0 Å². The van der Waals surface area contributed by atoms with Crippen molar-refractivity contribution in [2.45, 2.75) is 30.8 Å². The van der Waals surface area contributed by atoms with Gasteiger partial charge < -0.3 is 14.7 Å². The first kappa shape index (κ1) is 16.2. The van der Waals surface area contributed by atoms with Crippen molar-refractivity contribution in [1.29, 1.82) is 5.26 Å². The third-order valence-electron chi connectivity index (χ3n) is 3.65. The highest BCUT2D eigenvalue weighted by atomic mass is 32.2. The van der Waals surface area contributed by atoms with Gasteiger partial charge >= 0.3 is 0 Å². The van der Waals surface area contributed by atoms with Crippen LogP contribution < -0.4 is 4.74 Å². The topological polar surface area (TPSA) is 56.5 Å². The number of hydrogen-bond donors (Lipinski definition) is 1. The van der Waals surface area contributed by atoms with E-state index >= 15 is 0 Å². The van der Waals surface area contributed by atoms with Crippen molar-refractivity contribution in [2.75, 3.05) is 26.4 Å². The Morgan fingerprint density at radius 3 is 2.76 bits per heavy atom. The minimum Gasteiger partial charge on any atom is -0.485 e. The van der Waals surface area contributed by atoms with Gasteiger partial charge in [0.2, 0.25) is 0 Å². The predicted molar refractivity (Wildman–Crippen MR) is 85.6 cm³/mol. The zero-order valence-corrected chi connectivity index (χ0v) is 13.8. The lowest BCUT2D eigenvalue weighted by Gasteiger charge is -2.42. The summed E-state index contributed by atoms with van der Waals surface area (Å²) in [6.45, 7) is 4.75. The first-order valence-corrected chi connectivity index (χ1v) is 8.07. The second-order valence-electron chi connectivity index (χ2n) is 6.11. The molecule has 0 amide bonds. The highest BCUT2D eigenvalue weighted by Crippen LogP contribution is 2.46. The molecule has 2 rings (SSSR count). The Morgan fingerprint density at radius 1 is 1.43 bits per heavy atom. The molecular formula is C16H22N2O2S. The third kappa shape index (κ3) is 3.52. The van der Waals surface area contributed by atoms with Gasteiger partial charge in [-0.1, -0.05) is 0 Å². The van der Waals surface area contributed by atoms with Crippen molar-refractivity contribution < 1.29 is 9.84 Å². The quantitative estimate of drug-likeness (QED) is 0.926. The molecule has 1 N–H and O–H groups in total. The molecule has 0 spiro atoms. The Balaban J connectivity index is 2.30. The van der Waals surface area contributed by atoms with E-state index in [9.17, 15) is 5.11 Å². The van der Waals surface area contributed by atoms with Gasteiger partial charge in [0.25, 0.3) is 0 Å². The molecule has 0 bridgehead atoms. The average Bonchev–Trinajstić information content (AvgIpc) is 2.42. The van der Waals surface area contributed by atoms with E-state index in [4.69, 9.17) is 10.00 Å². The van der Waals surface area contributed by atoms with Crippen LogP contribution in [0.25, 0.3) is 0 Å². The summed E-state index contributed by atoms with van der Waals surface area (Å²) in [4.78, 5) is 2.12. The van der Waals surface area contributed by atoms with Gasteiger partial charge in [0.1, 0.15) is 17.5 Å². The summed E-state index contributed by atoms with van der Waals surface area (Å²) in [6.07, 6.45) is -0.605. The molecule has 5 heteroatoms. The van der Waals surface area contributed by atoms with Crippen molar-refractivity contribution in [3.63, 3.8) is 0 Å². The normalized spacial score (nSPS) is 23.3. The van der Waals surface area contributed by atoms with Gasteiger partial charge in [0.15, 0.2) is 0 Å². The SMILES string of the molecule is CN(C)CCS[C@H]1c2cc(C#N)ccc2OC(C)(C)[C@@H]1O. The van der Waals surface area contributed by atoms with Crippen molar-refractivity contribution in [2.24, 2.45) is 0 Å². The number of nitrogens with zero attached hydrogens (tertiary/aromatic N) is 2. The number of ether oxygens (including phenoxy) is 1. The molecule has 21 heavy (non-hydrogen) atoms. The van der Waals surface area contributed by atoms with Crippen LogP contribution in [0.15, 0.2) is 18.2 Å². The molecule has 0 fully saturated rings. The van der Waals surface area contributed by atoms with Gasteiger partial charge in [-0.3, -0.25) is 0 Å². The van der Waals surface area contributed by atoms with E-state index in [1.807, 2.05) is 40.1 Å². The molecule has 1 aromatic rings. The zero-order chi connectivity index (χ0) is 15.6. The summed E-state index contributed by atoms with van der Waals surface area (Å²) in [7, 11) is 4.07. The summed E-state index contributed by atoms with van der Waals surface area (Å²) in [5.41, 5.74) is 0.892. The van der Waals surface area contributed by atoms with Gasteiger partial charge in [-0.25, -0.2) is 0 Å². The molecule has 0 unspecified atom stereocenters. The van der Waals surface area contributed by atoms with Crippen molar-refractivity contribution >= 4 is 11.8 Å². The Kier molecular flexibility index (Phi) is 4.82. The number of aliphatic hydroxyl groups excluding tert-OH is 1. The van der Waals surface area contributed by atoms with E-state index in [1.54, 1.807) is 17.8 Å². The van der Waals surface area contributed by atoms with Gasteiger partial charge in [-0.05, 0) is 46.1 Å². The van der Waals surface area contributed by atoms with Crippen molar-refractivity contribution in [3.8, 4) is 11.8 Å². The first-order valence-electron chi connectivity index (χ1n) is 7.02. The summed E-state index contributed by atoms with van der Waals surface area (Å²) in [6, 6.07) is 7.58. The first-order chi connectivity index (χ1) is 9.85. The minimum atomic E-state index is -0.628. The molecule has 1 aromatic carbocycles. The lowest BCUT2D eigenvalue weighted by Crippen LogP contribution is -2.48. The number of aliphatic hydroxyl groups is 1. The minimum absolute atomic E-state index is 0.0722. The summed E-state index contributed by atoms with van der Waals surface area (Å²) >= 11 is 1.72. The summed E-state index contributed by atoms with van der Waals surface area (Å²) < 4.78 is 5.91. The van der Waals surface area contributed by atoms with Crippen LogP contribution in [0.2, 0.25) is 0 Å². The number of hydrogen-bond acceptors (Lipinski definition) is 5. The van der Waals surface area contributed by atoms with Crippen LogP contribution in [0.5, 0.6) is 5.75 Å². The van der Waals surface area contributed by atoms with Crippen LogP contribution in [0.4, 0.5) is 0 Å². The number of thioether (sulfide) groups is 1. The maximum Gasteiger partial charge on any atom is 0.131 e. The standard InChI is InChI=1S/C16H22N2O2S/c1-16(2)15(19)14(21-8-7-18(3)4)12-9-11(10-17)5-6-13(12)20-16/h5-6,9,14-15,19H,7-8H2,1-4H3/t14-,15+/m0/s1. The van der Waals surface area contributed by atoms with Gasteiger partial charge in [0, 0.05) is 17.9 Å². The van der Waals surface area contributed by atoms with Crippen LogP contribution in [0, 0.1) is 11.3 Å². The van der Waals surface area contributed by atoms with E-state index in [1.165, 1.54) is 0 Å². The largest absolute Gasteiger partial charge is 0.485 e. The van der Waals surface area contributed by atoms with E-state index in [2.05, 4.69) is 11.0 Å². The molecular weight excluding hydrogens is 284 g/mol. The number of rotatable bonds is 4. The molecule has 4 nitrogen and oxygen atoms in total. The van der Waals surface area contributed by atoms with Crippen molar-refractivity contribution in [1.82, 2.24) is 4.90 Å². The molecule has 0 aromatic heterocycles. The lowest BCUT2D eigenvalue weighted by molar-refractivity contribution is -0.0429. The predicted octanol–water partition coefficient (Wildman–Crippen LogP) is 2.43. The van der Waals surface area contributed by atoms with E-state index in [0.29, 0.717) is 5.56 Å². The fraction of sp³-hybridized carbons (Fsp3) is 0.562. The highest BCUT2D eigenvalue weighted by Gasteiger charge is 2.43. The molecule has 1 heterocycles. The molecule has 2 atom stereocenters. The fourth-order valence-electron chi connectivity index (χ4n) is 2.35. The van der Waals surface area contributed by atoms with E-state index in [-0.39, 0.29) is 5.25 Å². The van der Waals surface area contributed by atoms with Crippen LogP contribution in [-0.4, -0.2) is 48.1 Å². The van der Waals surface area contributed by atoms with Gasteiger partial charge in [-0.15, -0.1) is 11.8 Å². The molecule has 0 radical (unpaired) electrons. The summed E-state index contributed by atoms with van der Waals surface area (Å²) in [5.74, 6) is 1.69. The Bertz CT molecular complexity index is 552. The lowest BCUT2D eigenvalue weighted by atomic mass is 9.90. The summed E-state index contributed by atoms with van der Waals surface area (Å²) in [5, 5.41) is 19.6. The van der Waals surface area contributed by atoms with Crippen LogP contribution >= 0.6 is 11.8 Å². The highest BCUT2D eigenvalue weighted by molar-refractivity contribution is 7.99. The second kappa shape index (κ2) is 6.27. The third-order valence-corrected chi connectivity index (χ3v) is 4.94. The molecule has 0 saturated carbocycles. The number of benzene rings is 1. The smallest absolute Gasteiger partial charge is 0.131 e. The molecule has 0 saturated heterocycles. The van der Waals surface area contributed by atoms with Gasteiger partial charge in [-0.2, -0.15) is 5.26 Å². The Hall–Kier alpha value is -1.22. The maximum absolute atomic E-state index is 10.6. The van der Waals surface area contributed by atoms with Crippen molar-refractivity contribution in [3.05, 3.63) is 29.3 Å². The van der Waals surface area contributed by atoms with Gasteiger partial charge in [0.05, 0.1) is 16.9 Å². The number of nitriles is 1. The monoisotopic (exact) mass is 306 g/mol. The average molecular weight is 306 g/mol. The maximum atomic E-state index is 10.6. The number of fused-ring (bicyclic) bond motifs is 1. The Morgan fingerprint density at radius 2 is 2.14 bits per heavy atom. The second-order valence-corrected chi connectivity index (χ2v) is 7.36. The fourth-order valence-corrected chi connectivity index (χ4v) is 3.95.